The lowest BCUT2D eigenvalue weighted by molar-refractivity contribution is -0.125. The average Bonchev–Trinajstić information content (AvgIpc) is 2.82. The number of rotatable bonds is 10. The number of nitrogens with one attached hydrogen (secondary N) is 2. The van der Waals surface area contributed by atoms with Crippen molar-refractivity contribution in [3.8, 4) is 17.6 Å². The monoisotopic (exact) mass is 438 g/mol. The van der Waals surface area contributed by atoms with E-state index in [1.165, 1.54) is 18.1 Å². The Hall–Kier alpha value is -4.06. The number of amides is 3. The second-order valence-electron chi connectivity index (χ2n) is 6.59. The quantitative estimate of drug-likeness (QED) is 0.550. The predicted octanol–water partition coefficient (Wildman–Crippen LogP) is 2.58. The number of nitrogens with zero attached hydrogens (tertiary/aromatic N) is 2. The first-order chi connectivity index (χ1) is 15.5. The van der Waals surface area contributed by atoms with Crippen LogP contribution in [0.5, 0.6) is 11.5 Å². The lowest BCUT2D eigenvalue weighted by atomic mass is 10.2. The van der Waals surface area contributed by atoms with Crippen LogP contribution in [-0.4, -0.2) is 38.0 Å². The molecule has 0 heterocycles. The Balaban J connectivity index is 1.88. The van der Waals surface area contributed by atoms with Crippen molar-refractivity contribution in [2.75, 3.05) is 25.2 Å². The third-order valence-corrected chi connectivity index (χ3v) is 4.42. The number of hydrogen-bond donors (Lipinski definition) is 2. The van der Waals surface area contributed by atoms with Gasteiger partial charge in [-0.25, -0.2) is 0 Å². The molecule has 0 atom stereocenters. The van der Waals surface area contributed by atoms with Crippen LogP contribution in [0.2, 0.25) is 0 Å². The summed E-state index contributed by atoms with van der Waals surface area (Å²) in [7, 11) is 1.47. The zero-order chi connectivity index (χ0) is 23.3. The number of carbonyl (C=O) groups is 3. The fourth-order valence-corrected chi connectivity index (χ4v) is 2.87. The minimum atomic E-state index is -0.536. The molecule has 2 aromatic carbocycles. The molecular weight excluding hydrogens is 412 g/mol. The van der Waals surface area contributed by atoms with Crippen LogP contribution in [0.25, 0.3) is 0 Å². The summed E-state index contributed by atoms with van der Waals surface area (Å²) in [5.74, 6) is -0.434. The number of hydrazine groups is 1. The van der Waals surface area contributed by atoms with Gasteiger partial charge in [-0.15, -0.1) is 0 Å². The normalized spacial score (nSPS) is 9.91. The first kappa shape index (κ1) is 24.2. The van der Waals surface area contributed by atoms with Crippen molar-refractivity contribution in [1.29, 1.82) is 5.26 Å². The minimum absolute atomic E-state index is 0.0705. The third kappa shape index (κ3) is 7.02. The van der Waals surface area contributed by atoms with Gasteiger partial charge in [0.25, 0.3) is 5.91 Å². The summed E-state index contributed by atoms with van der Waals surface area (Å²) in [5, 5.41) is 8.85. The van der Waals surface area contributed by atoms with Crippen molar-refractivity contribution >= 4 is 23.4 Å². The summed E-state index contributed by atoms with van der Waals surface area (Å²) in [4.78, 5) is 38.5. The van der Waals surface area contributed by atoms with Crippen molar-refractivity contribution in [3.63, 3.8) is 0 Å². The standard InChI is InChI=1S/C23H26N4O5/c1-3-32-19-11-10-17(16-20(19)31-2)23(30)26-25-21(28)12-13-22(29)27(15-7-14-24)18-8-5-4-6-9-18/h4-6,8-11,16H,3,7,12-13,15H2,1-2H3,(H,25,28)(H,26,30). The van der Waals surface area contributed by atoms with E-state index in [0.717, 1.165) is 0 Å². The van der Waals surface area contributed by atoms with E-state index >= 15 is 0 Å². The molecule has 9 heteroatoms. The van der Waals surface area contributed by atoms with Gasteiger partial charge in [-0.05, 0) is 37.3 Å². The first-order valence-corrected chi connectivity index (χ1v) is 10.1. The molecule has 0 aliphatic heterocycles. The Labute approximate surface area is 186 Å². The van der Waals surface area contributed by atoms with Crippen LogP contribution in [0.1, 0.15) is 36.5 Å². The van der Waals surface area contributed by atoms with E-state index in [0.29, 0.717) is 23.8 Å². The summed E-state index contributed by atoms with van der Waals surface area (Å²) in [5.41, 5.74) is 5.55. The van der Waals surface area contributed by atoms with E-state index < -0.39 is 11.8 Å². The van der Waals surface area contributed by atoms with Crippen LogP contribution in [0, 0.1) is 11.3 Å². The predicted molar refractivity (Wildman–Crippen MR) is 118 cm³/mol. The van der Waals surface area contributed by atoms with E-state index in [1.807, 2.05) is 19.1 Å². The molecule has 9 nitrogen and oxygen atoms in total. The van der Waals surface area contributed by atoms with Crippen LogP contribution in [0.15, 0.2) is 48.5 Å². The molecule has 2 N–H and O–H groups in total. The highest BCUT2D eigenvalue weighted by atomic mass is 16.5. The van der Waals surface area contributed by atoms with Crippen molar-refractivity contribution in [1.82, 2.24) is 10.9 Å². The van der Waals surface area contributed by atoms with Gasteiger partial charge >= 0.3 is 0 Å². The molecule has 0 fully saturated rings. The number of hydrogen-bond acceptors (Lipinski definition) is 6. The van der Waals surface area contributed by atoms with Gasteiger partial charge < -0.3 is 14.4 Å². The molecule has 168 valence electrons. The second-order valence-corrected chi connectivity index (χ2v) is 6.59. The molecule has 0 unspecified atom stereocenters. The van der Waals surface area contributed by atoms with Crippen molar-refractivity contribution in [2.24, 2.45) is 0 Å². The zero-order valence-corrected chi connectivity index (χ0v) is 18.1. The summed E-state index contributed by atoms with van der Waals surface area (Å²) >= 11 is 0. The second kappa shape index (κ2) is 12.6. The molecule has 0 aromatic heterocycles. The number of nitriles is 1. The molecule has 3 amide bonds. The summed E-state index contributed by atoms with van der Waals surface area (Å²) in [6.45, 7) is 2.52. The number of para-hydroxylation sites is 1. The van der Waals surface area contributed by atoms with E-state index in [9.17, 15) is 14.4 Å². The van der Waals surface area contributed by atoms with Crippen molar-refractivity contribution in [2.45, 2.75) is 26.2 Å². The van der Waals surface area contributed by atoms with Crippen LogP contribution in [0.3, 0.4) is 0 Å². The maximum absolute atomic E-state index is 12.6. The summed E-state index contributed by atoms with van der Waals surface area (Å²) in [6.07, 6.45) is -0.0189. The van der Waals surface area contributed by atoms with E-state index in [2.05, 4.69) is 10.9 Å². The van der Waals surface area contributed by atoms with Gasteiger partial charge in [0.05, 0.1) is 26.2 Å². The van der Waals surface area contributed by atoms with E-state index in [-0.39, 0.29) is 37.3 Å². The number of methoxy groups -OCH3 is 1. The highest BCUT2D eigenvalue weighted by molar-refractivity contribution is 5.97. The lowest BCUT2D eigenvalue weighted by Crippen LogP contribution is -2.42. The molecule has 0 radical (unpaired) electrons. The van der Waals surface area contributed by atoms with Crippen LogP contribution < -0.4 is 25.2 Å². The van der Waals surface area contributed by atoms with Gasteiger partial charge in [-0.3, -0.25) is 25.2 Å². The highest BCUT2D eigenvalue weighted by Crippen LogP contribution is 2.27. The smallest absolute Gasteiger partial charge is 0.269 e. The highest BCUT2D eigenvalue weighted by Gasteiger charge is 2.17. The van der Waals surface area contributed by atoms with Crippen LogP contribution in [0.4, 0.5) is 5.69 Å². The van der Waals surface area contributed by atoms with Gasteiger partial charge in [0.2, 0.25) is 11.8 Å². The fraction of sp³-hybridized carbons (Fsp3) is 0.304. The maximum atomic E-state index is 12.6. The lowest BCUT2D eigenvalue weighted by Gasteiger charge is -2.21. The molecule has 2 rings (SSSR count). The Morgan fingerprint density at radius 3 is 2.44 bits per heavy atom. The molecule has 0 spiro atoms. The SMILES string of the molecule is CCOc1ccc(C(=O)NNC(=O)CCC(=O)N(CCC#N)c2ccccc2)cc1OC. The Morgan fingerprint density at radius 1 is 1.03 bits per heavy atom. The molecule has 0 saturated carbocycles. The number of anilines is 1. The molecule has 0 bridgehead atoms. The number of carbonyl (C=O) groups excluding carboxylic acids is 3. The minimum Gasteiger partial charge on any atom is -0.493 e. The topological polar surface area (TPSA) is 121 Å². The largest absolute Gasteiger partial charge is 0.493 e. The van der Waals surface area contributed by atoms with E-state index in [1.54, 1.807) is 36.4 Å². The molecule has 32 heavy (non-hydrogen) atoms. The summed E-state index contributed by atoms with van der Waals surface area (Å²) < 4.78 is 10.6. The van der Waals surface area contributed by atoms with Crippen molar-refractivity contribution in [3.05, 3.63) is 54.1 Å². The average molecular weight is 438 g/mol. The van der Waals surface area contributed by atoms with Crippen LogP contribution >= 0.6 is 0 Å². The molecular formula is C23H26N4O5. The summed E-state index contributed by atoms with van der Waals surface area (Å²) in [6, 6.07) is 15.6. The Kier molecular flexibility index (Phi) is 9.53. The maximum Gasteiger partial charge on any atom is 0.269 e. The Bertz CT molecular complexity index is 972. The molecule has 2 aromatic rings. The molecule has 0 saturated heterocycles. The fourth-order valence-electron chi connectivity index (χ4n) is 2.87. The van der Waals surface area contributed by atoms with Gasteiger partial charge in [0.1, 0.15) is 0 Å². The Morgan fingerprint density at radius 2 is 1.78 bits per heavy atom. The number of ether oxygens (including phenoxy) is 2. The van der Waals surface area contributed by atoms with Gasteiger partial charge in [0, 0.05) is 30.6 Å². The number of benzene rings is 2. The van der Waals surface area contributed by atoms with Gasteiger partial charge in [-0.2, -0.15) is 5.26 Å². The molecule has 0 aliphatic carbocycles. The third-order valence-electron chi connectivity index (χ3n) is 4.42. The van der Waals surface area contributed by atoms with Gasteiger partial charge in [0.15, 0.2) is 11.5 Å². The first-order valence-electron chi connectivity index (χ1n) is 10.1. The zero-order valence-electron chi connectivity index (χ0n) is 18.1. The van der Waals surface area contributed by atoms with Gasteiger partial charge in [-0.1, -0.05) is 18.2 Å². The molecule has 0 aliphatic rings. The van der Waals surface area contributed by atoms with E-state index in [4.69, 9.17) is 14.7 Å². The van der Waals surface area contributed by atoms with Crippen LogP contribution in [-0.2, 0) is 9.59 Å². The van der Waals surface area contributed by atoms with Crippen molar-refractivity contribution < 1.29 is 23.9 Å².